The first-order valence-corrected chi connectivity index (χ1v) is 14.7. The van der Waals surface area contributed by atoms with Crippen LogP contribution in [0.15, 0.2) is 100 Å². The van der Waals surface area contributed by atoms with Crippen molar-refractivity contribution in [3.05, 3.63) is 137 Å². The summed E-state index contributed by atoms with van der Waals surface area (Å²) in [4.78, 5) is 32.4. The Morgan fingerprint density at radius 1 is 1.02 bits per heavy atom. The highest BCUT2D eigenvalue weighted by Crippen LogP contribution is 2.34. The molecule has 0 spiro atoms. The van der Waals surface area contributed by atoms with Gasteiger partial charge in [0.05, 0.1) is 22.4 Å². The molecule has 0 aliphatic carbocycles. The number of carbonyl (C=O) groups is 1. The lowest BCUT2D eigenvalue weighted by molar-refractivity contribution is -0.139. The van der Waals surface area contributed by atoms with Gasteiger partial charge in [0, 0.05) is 39.3 Å². The van der Waals surface area contributed by atoms with E-state index in [1.165, 1.54) is 11.3 Å². The van der Waals surface area contributed by atoms with Gasteiger partial charge in [-0.2, -0.15) is 0 Å². The van der Waals surface area contributed by atoms with E-state index in [0.29, 0.717) is 42.8 Å². The molecule has 1 aliphatic rings. The molecule has 5 aromatic rings. The third-order valence-corrected chi connectivity index (χ3v) is 8.82. The average molecular weight is 603 g/mol. The highest BCUT2D eigenvalue weighted by atomic mass is 35.5. The third-order valence-electron chi connectivity index (χ3n) is 7.12. The van der Waals surface area contributed by atoms with Gasteiger partial charge >= 0.3 is 5.97 Å². The monoisotopic (exact) mass is 601 g/mol. The van der Waals surface area contributed by atoms with Crippen LogP contribution in [0.25, 0.3) is 17.0 Å². The van der Waals surface area contributed by atoms with E-state index in [9.17, 15) is 9.59 Å². The molecule has 3 heterocycles. The lowest BCUT2D eigenvalue weighted by atomic mass is 9.96. The number of ether oxygens (including phenoxy) is 1. The highest BCUT2D eigenvalue weighted by Gasteiger charge is 2.34. The van der Waals surface area contributed by atoms with Crippen molar-refractivity contribution in [3.63, 3.8) is 0 Å². The number of hydrogen-bond donors (Lipinski definition) is 0. The van der Waals surface area contributed by atoms with Crippen molar-refractivity contribution >= 4 is 57.5 Å². The number of hydrogen-bond acceptors (Lipinski definition) is 5. The summed E-state index contributed by atoms with van der Waals surface area (Å²) in [5, 5.41) is 2.16. The van der Waals surface area contributed by atoms with Gasteiger partial charge in [0.1, 0.15) is 6.04 Å². The van der Waals surface area contributed by atoms with Crippen LogP contribution in [0.5, 0.6) is 0 Å². The number of aromatic nitrogens is 2. The van der Waals surface area contributed by atoms with E-state index in [2.05, 4.69) is 15.6 Å². The van der Waals surface area contributed by atoms with E-state index in [0.717, 1.165) is 22.0 Å². The summed E-state index contributed by atoms with van der Waals surface area (Å²) in [6.07, 6.45) is 3.93. The maximum absolute atomic E-state index is 14.1. The SMILES string of the molecule is CCOC(=O)C1=C(C)N=c2s/c(=C\c3cn(Cc4ccccc4Cl)c4ccccc34)c(=O)n2C1c1ccccc1Cl. The van der Waals surface area contributed by atoms with Gasteiger partial charge in [0.25, 0.3) is 5.56 Å². The van der Waals surface area contributed by atoms with Gasteiger partial charge in [-0.05, 0) is 49.2 Å². The number of esters is 1. The fourth-order valence-corrected chi connectivity index (χ4v) is 6.73. The van der Waals surface area contributed by atoms with Crippen molar-refractivity contribution in [1.82, 2.24) is 9.13 Å². The zero-order chi connectivity index (χ0) is 28.7. The highest BCUT2D eigenvalue weighted by molar-refractivity contribution is 7.07. The zero-order valence-electron chi connectivity index (χ0n) is 22.3. The maximum atomic E-state index is 14.1. The Labute approximate surface area is 250 Å². The molecule has 1 atom stereocenters. The molecule has 206 valence electrons. The zero-order valence-corrected chi connectivity index (χ0v) is 24.6. The fraction of sp³-hybridized carbons (Fsp3) is 0.156. The second-order valence-corrected chi connectivity index (χ2v) is 11.5. The van der Waals surface area contributed by atoms with E-state index in [1.807, 2.05) is 72.9 Å². The van der Waals surface area contributed by atoms with Crippen LogP contribution in [-0.4, -0.2) is 21.7 Å². The van der Waals surface area contributed by atoms with Gasteiger partial charge in [-0.15, -0.1) is 0 Å². The van der Waals surface area contributed by atoms with Crippen molar-refractivity contribution in [2.45, 2.75) is 26.4 Å². The second-order valence-electron chi connectivity index (χ2n) is 9.64. The fourth-order valence-electron chi connectivity index (χ4n) is 5.26. The molecule has 6 nitrogen and oxygen atoms in total. The Balaban J connectivity index is 1.53. The van der Waals surface area contributed by atoms with Crippen LogP contribution in [-0.2, 0) is 16.1 Å². The minimum atomic E-state index is -0.761. The summed E-state index contributed by atoms with van der Waals surface area (Å²) < 4.78 is 9.57. The summed E-state index contributed by atoms with van der Waals surface area (Å²) in [6, 6.07) is 22.3. The smallest absolute Gasteiger partial charge is 0.338 e. The summed E-state index contributed by atoms with van der Waals surface area (Å²) >= 11 is 14.4. The predicted octanol–water partition coefficient (Wildman–Crippen LogP) is 6.11. The number of nitrogens with zero attached hydrogens (tertiary/aromatic N) is 3. The Morgan fingerprint density at radius 3 is 2.49 bits per heavy atom. The van der Waals surface area contributed by atoms with Crippen LogP contribution in [0.4, 0.5) is 0 Å². The quantitative estimate of drug-likeness (QED) is 0.221. The van der Waals surface area contributed by atoms with Gasteiger partial charge in [-0.3, -0.25) is 9.36 Å². The Kier molecular flexibility index (Phi) is 7.43. The van der Waals surface area contributed by atoms with Crippen molar-refractivity contribution in [2.75, 3.05) is 6.61 Å². The molecule has 0 radical (unpaired) electrons. The minimum Gasteiger partial charge on any atom is -0.463 e. The molecule has 1 aliphatic heterocycles. The van der Waals surface area contributed by atoms with E-state index < -0.39 is 12.0 Å². The van der Waals surface area contributed by atoms with Gasteiger partial charge in [-0.1, -0.05) is 89.1 Å². The molecule has 9 heteroatoms. The van der Waals surface area contributed by atoms with Crippen LogP contribution >= 0.6 is 34.5 Å². The van der Waals surface area contributed by atoms with Crippen LogP contribution in [0.1, 0.15) is 36.6 Å². The molecule has 0 bridgehead atoms. The number of para-hydroxylation sites is 1. The van der Waals surface area contributed by atoms with Gasteiger partial charge in [0.15, 0.2) is 4.80 Å². The van der Waals surface area contributed by atoms with Gasteiger partial charge in [0.2, 0.25) is 0 Å². The lowest BCUT2D eigenvalue weighted by Gasteiger charge is -2.25. The van der Waals surface area contributed by atoms with E-state index in [1.54, 1.807) is 24.5 Å². The molecule has 1 unspecified atom stereocenters. The van der Waals surface area contributed by atoms with Crippen LogP contribution in [0.2, 0.25) is 10.0 Å². The molecular weight excluding hydrogens is 577 g/mol. The van der Waals surface area contributed by atoms with E-state index in [4.69, 9.17) is 27.9 Å². The summed E-state index contributed by atoms with van der Waals surface area (Å²) in [5.74, 6) is -0.518. The molecule has 0 saturated carbocycles. The number of benzene rings is 3. The lowest BCUT2D eigenvalue weighted by Crippen LogP contribution is -2.40. The summed E-state index contributed by atoms with van der Waals surface area (Å²) in [6.45, 7) is 4.29. The first-order chi connectivity index (χ1) is 19.9. The first-order valence-electron chi connectivity index (χ1n) is 13.1. The number of fused-ring (bicyclic) bond motifs is 2. The first kappa shape index (κ1) is 27.3. The van der Waals surface area contributed by atoms with Crippen molar-refractivity contribution in [1.29, 1.82) is 0 Å². The maximum Gasteiger partial charge on any atom is 0.338 e. The van der Waals surface area contributed by atoms with Gasteiger partial charge in [-0.25, -0.2) is 9.79 Å². The number of rotatable bonds is 6. The third kappa shape index (κ3) is 4.95. The molecule has 0 amide bonds. The standard InChI is InChI=1S/C32H25Cl2N3O3S/c1-3-40-31(39)28-19(2)35-32-37(29(28)23-12-5-8-14-25(23)34)30(38)27(41-32)16-21-18-36(26-15-9-6-11-22(21)26)17-20-10-4-7-13-24(20)33/h4-16,18,29H,3,17H2,1-2H3/b27-16-. The summed E-state index contributed by atoms with van der Waals surface area (Å²) in [5.41, 5.74) is 4.11. The largest absolute Gasteiger partial charge is 0.463 e. The van der Waals surface area contributed by atoms with E-state index >= 15 is 0 Å². The second kappa shape index (κ2) is 11.2. The molecule has 6 rings (SSSR count). The number of carbonyl (C=O) groups excluding carboxylic acids is 1. The average Bonchev–Trinajstić information content (AvgIpc) is 3.46. The number of halogens is 2. The van der Waals surface area contributed by atoms with Gasteiger partial charge < -0.3 is 9.30 Å². The molecular formula is C32H25Cl2N3O3S. The molecule has 2 aromatic heterocycles. The molecule has 0 fully saturated rings. The molecule has 0 N–H and O–H groups in total. The number of allylic oxidation sites excluding steroid dienone is 1. The Hall–Kier alpha value is -3.91. The van der Waals surface area contributed by atoms with Crippen molar-refractivity contribution in [2.24, 2.45) is 4.99 Å². The van der Waals surface area contributed by atoms with E-state index in [-0.39, 0.29) is 12.2 Å². The molecule has 41 heavy (non-hydrogen) atoms. The topological polar surface area (TPSA) is 65.6 Å². The number of thiazole rings is 1. The van der Waals surface area contributed by atoms with Crippen molar-refractivity contribution in [3.8, 4) is 0 Å². The van der Waals surface area contributed by atoms with Crippen LogP contribution in [0, 0.1) is 0 Å². The van der Waals surface area contributed by atoms with Crippen LogP contribution < -0.4 is 14.9 Å². The minimum absolute atomic E-state index is 0.202. The molecule has 3 aromatic carbocycles. The normalized spacial score (nSPS) is 15.2. The molecule has 0 saturated heterocycles. The van der Waals surface area contributed by atoms with Crippen LogP contribution in [0.3, 0.4) is 0 Å². The predicted molar refractivity (Wildman–Crippen MR) is 164 cm³/mol. The Bertz CT molecular complexity index is 2040. The summed E-state index contributed by atoms with van der Waals surface area (Å²) in [7, 11) is 0. The Morgan fingerprint density at radius 2 is 1.73 bits per heavy atom. The van der Waals surface area contributed by atoms with Crippen molar-refractivity contribution < 1.29 is 9.53 Å².